The second-order valence-corrected chi connectivity index (χ2v) is 5.15. The van der Waals surface area contributed by atoms with E-state index >= 15 is 0 Å². The average Bonchev–Trinajstić information content (AvgIpc) is 2.84. The van der Waals surface area contributed by atoms with Crippen LogP contribution in [0.4, 0.5) is 5.95 Å². The molecule has 5 heteroatoms. The van der Waals surface area contributed by atoms with E-state index in [0.717, 1.165) is 29.6 Å². The van der Waals surface area contributed by atoms with Gasteiger partial charge >= 0.3 is 0 Å². The Labute approximate surface area is 111 Å². The molecule has 2 rings (SSSR count). The molecule has 98 valence electrons. The minimum Gasteiger partial charge on any atom is -0.474 e. The van der Waals surface area contributed by atoms with Crippen molar-refractivity contribution in [1.82, 2.24) is 9.97 Å². The van der Waals surface area contributed by atoms with Crippen LogP contribution in [0, 0.1) is 0 Å². The Kier molecular flexibility index (Phi) is 4.36. The molecule has 18 heavy (non-hydrogen) atoms. The Hall–Kier alpha value is -1.36. The smallest absolute Gasteiger partial charge is 0.227 e. The molecule has 0 aliphatic rings. The highest BCUT2D eigenvalue weighted by Gasteiger charge is 2.12. The summed E-state index contributed by atoms with van der Waals surface area (Å²) in [6.45, 7) is 7.15. The minimum atomic E-state index is 0.169. The number of fused-ring (bicyclic) bond motifs is 1. The summed E-state index contributed by atoms with van der Waals surface area (Å²) in [6.07, 6.45) is 2.18. The normalized spacial score (nSPS) is 12.6. The predicted octanol–water partition coefficient (Wildman–Crippen LogP) is 3.69. The van der Waals surface area contributed by atoms with Crippen molar-refractivity contribution in [2.45, 2.75) is 39.7 Å². The summed E-state index contributed by atoms with van der Waals surface area (Å²) in [5.41, 5.74) is 0. The number of rotatable bonds is 6. The first-order valence-corrected chi connectivity index (χ1v) is 7.28. The first-order valence-electron chi connectivity index (χ1n) is 6.40. The lowest BCUT2D eigenvalue weighted by Gasteiger charge is -2.13. The number of nitrogens with zero attached hydrogens (tertiary/aromatic N) is 2. The summed E-state index contributed by atoms with van der Waals surface area (Å²) in [7, 11) is 0. The number of hydrogen-bond acceptors (Lipinski definition) is 5. The van der Waals surface area contributed by atoms with Gasteiger partial charge < -0.3 is 10.1 Å². The maximum absolute atomic E-state index is 5.87. The largest absolute Gasteiger partial charge is 0.474 e. The summed E-state index contributed by atoms with van der Waals surface area (Å²) >= 11 is 1.61. The van der Waals surface area contributed by atoms with Crippen molar-refractivity contribution in [3.8, 4) is 5.88 Å². The second kappa shape index (κ2) is 6.00. The van der Waals surface area contributed by atoms with Crippen molar-refractivity contribution in [3.63, 3.8) is 0 Å². The zero-order chi connectivity index (χ0) is 13.0. The Morgan fingerprint density at radius 2 is 2.22 bits per heavy atom. The Bertz CT molecular complexity index is 512. The van der Waals surface area contributed by atoms with E-state index in [2.05, 4.69) is 36.1 Å². The van der Waals surface area contributed by atoms with E-state index in [1.54, 1.807) is 11.3 Å². The number of ether oxygens (including phenoxy) is 1. The van der Waals surface area contributed by atoms with Gasteiger partial charge in [0.25, 0.3) is 0 Å². The molecule has 2 aromatic heterocycles. The van der Waals surface area contributed by atoms with Crippen molar-refractivity contribution < 1.29 is 4.74 Å². The lowest BCUT2D eigenvalue weighted by molar-refractivity contribution is 0.212. The van der Waals surface area contributed by atoms with E-state index in [0.29, 0.717) is 11.8 Å². The van der Waals surface area contributed by atoms with E-state index in [-0.39, 0.29) is 6.10 Å². The Morgan fingerprint density at radius 1 is 1.39 bits per heavy atom. The quantitative estimate of drug-likeness (QED) is 0.865. The maximum atomic E-state index is 5.87. The average molecular weight is 265 g/mol. The third-order valence-corrected chi connectivity index (χ3v) is 3.52. The zero-order valence-corrected chi connectivity index (χ0v) is 11.9. The zero-order valence-electron chi connectivity index (χ0n) is 11.1. The van der Waals surface area contributed by atoms with Gasteiger partial charge in [-0.15, -0.1) is 11.3 Å². The van der Waals surface area contributed by atoms with Gasteiger partial charge in [0.1, 0.15) is 4.83 Å². The molecule has 0 spiro atoms. The standard InChI is InChI=1S/C13H19N3OS/c1-4-7-14-13-15-11(17-9(3)5-2)10-6-8-18-12(10)16-13/h6,8-9H,4-5,7H2,1-3H3,(H,14,15,16). The van der Waals surface area contributed by atoms with Crippen molar-refractivity contribution in [2.75, 3.05) is 11.9 Å². The van der Waals surface area contributed by atoms with E-state index in [9.17, 15) is 0 Å². The van der Waals surface area contributed by atoms with E-state index in [4.69, 9.17) is 4.74 Å². The molecule has 0 aliphatic carbocycles. The lowest BCUT2D eigenvalue weighted by atomic mass is 10.3. The minimum absolute atomic E-state index is 0.169. The Morgan fingerprint density at radius 3 is 2.94 bits per heavy atom. The highest BCUT2D eigenvalue weighted by molar-refractivity contribution is 7.16. The molecule has 1 unspecified atom stereocenters. The molecule has 2 aromatic rings. The first kappa shape index (κ1) is 13.1. The van der Waals surface area contributed by atoms with E-state index in [1.165, 1.54) is 0 Å². The fourth-order valence-corrected chi connectivity index (χ4v) is 2.26. The van der Waals surface area contributed by atoms with Crippen LogP contribution >= 0.6 is 11.3 Å². The molecule has 0 bridgehead atoms. The van der Waals surface area contributed by atoms with Crippen molar-refractivity contribution in [3.05, 3.63) is 11.4 Å². The number of thiophene rings is 1. The van der Waals surface area contributed by atoms with Crippen LogP contribution in [0.25, 0.3) is 10.2 Å². The van der Waals surface area contributed by atoms with Gasteiger partial charge in [-0.2, -0.15) is 4.98 Å². The van der Waals surface area contributed by atoms with E-state index in [1.807, 2.05) is 11.4 Å². The molecule has 1 atom stereocenters. The van der Waals surface area contributed by atoms with Gasteiger partial charge in [-0.25, -0.2) is 4.98 Å². The molecule has 0 aromatic carbocycles. The maximum Gasteiger partial charge on any atom is 0.227 e. The van der Waals surface area contributed by atoms with Crippen LogP contribution in [0.15, 0.2) is 11.4 Å². The first-order chi connectivity index (χ1) is 8.74. The third-order valence-electron chi connectivity index (χ3n) is 2.71. The van der Waals surface area contributed by atoms with Gasteiger partial charge in [-0.1, -0.05) is 13.8 Å². The summed E-state index contributed by atoms with van der Waals surface area (Å²) in [6, 6.07) is 2.02. The van der Waals surface area contributed by atoms with Crippen LogP contribution in [0.3, 0.4) is 0 Å². The van der Waals surface area contributed by atoms with Crippen molar-refractivity contribution in [2.24, 2.45) is 0 Å². The van der Waals surface area contributed by atoms with Crippen LogP contribution in [-0.2, 0) is 0 Å². The topological polar surface area (TPSA) is 47.0 Å². The van der Waals surface area contributed by atoms with Gasteiger partial charge in [-0.05, 0) is 31.2 Å². The molecule has 4 nitrogen and oxygen atoms in total. The van der Waals surface area contributed by atoms with Crippen molar-refractivity contribution in [1.29, 1.82) is 0 Å². The molecule has 0 aliphatic heterocycles. The monoisotopic (exact) mass is 265 g/mol. The molecule has 0 saturated carbocycles. The number of nitrogens with one attached hydrogen (secondary N) is 1. The fraction of sp³-hybridized carbons (Fsp3) is 0.538. The molecule has 0 radical (unpaired) electrons. The lowest BCUT2D eigenvalue weighted by Crippen LogP contribution is -2.12. The number of anilines is 1. The molecular formula is C13H19N3OS. The highest BCUT2D eigenvalue weighted by Crippen LogP contribution is 2.29. The molecule has 0 amide bonds. The molecule has 0 fully saturated rings. The number of aromatic nitrogens is 2. The van der Waals surface area contributed by atoms with Crippen LogP contribution < -0.4 is 10.1 Å². The van der Waals surface area contributed by atoms with Gasteiger partial charge in [0.15, 0.2) is 0 Å². The van der Waals surface area contributed by atoms with E-state index < -0.39 is 0 Å². The molecule has 1 N–H and O–H groups in total. The summed E-state index contributed by atoms with van der Waals surface area (Å²) in [5, 5.41) is 6.23. The summed E-state index contributed by atoms with van der Waals surface area (Å²) in [5.74, 6) is 1.35. The number of hydrogen-bond donors (Lipinski definition) is 1. The Balaban J connectivity index is 2.32. The van der Waals surface area contributed by atoms with Crippen molar-refractivity contribution >= 4 is 27.5 Å². The van der Waals surface area contributed by atoms with Crippen LogP contribution in [-0.4, -0.2) is 22.6 Å². The second-order valence-electron chi connectivity index (χ2n) is 4.26. The molecule has 2 heterocycles. The van der Waals surface area contributed by atoms with Crippen LogP contribution in [0.1, 0.15) is 33.6 Å². The molecule has 0 saturated heterocycles. The van der Waals surface area contributed by atoms with Gasteiger partial charge in [0, 0.05) is 6.54 Å². The van der Waals surface area contributed by atoms with Gasteiger partial charge in [-0.3, -0.25) is 0 Å². The molecular weight excluding hydrogens is 246 g/mol. The highest BCUT2D eigenvalue weighted by atomic mass is 32.1. The summed E-state index contributed by atoms with van der Waals surface area (Å²) < 4.78 is 5.87. The van der Waals surface area contributed by atoms with Gasteiger partial charge in [0.2, 0.25) is 11.8 Å². The van der Waals surface area contributed by atoms with Crippen LogP contribution in [0.5, 0.6) is 5.88 Å². The van der Waals surface area contributed by atoms with Crippen LogP contribution in [0.2, 0.25) is 0 Å². The fourth-order valence-electron chi connectivity index (χ4n) is 1.51. The van der Waals surface area contributed by atoms with Gasteiger partial charge in [0.05, 0.1) is 11.5 Å². The SMILES string of the molecule is CCCNc1nc(OC(C)CC)c2ccsc2n1. The third kappa shape index (κ3) is 2.90. The summed E-state index contributed by atoms with van der Waals surface area (Å²) in [4.78, 5) is 9.92. The predicted molar refractivity (Wildman–Crippen MR) is 76.6 cm³/mol.